The van der Waals surface area contributed by atoms with Gasteiger partial charge in [-0.05, 0) is 48.5 Å². The maximum atomic E-state index is 12.7. The molecule has 0 aromatic heterocycles. The molecule has 2 aliphatic heterocycles. The van der Waals surface area contributed by atoms with Gasteiger partial charge in [0.2, 0.25) is 13.6 Å². The van der Waals surface area contributed by atoms with Crippen LogP contribution in [0.1, 0.15) is 20.7 Å². The van der Waals surface area contributed by atoms with E-state index in [1.165, 1.54) is 48.5 Å². The molecule has 40 heavy (non-hydrogen) atoms. The van der Waals surface area contributed by atoms with Crippen molar-refractivity contribution in [3.05, 3.63) is 85.0 Å². The summed E-state index contributed by atoms with van der Waals surface area (Å²) in [5.41, 5.74) is 0.539. The minimum Gasteiger partial charge on any atom is -0.457 e. The zero-order valence-corrected chi connectivity index (χ0v) is 21.2. The maximum Gasteiger partial charge on any atom is 0.338 e. The summed E-state index contributed by atoms with van der Waals surface area (Å²) in [6.45, 7) is 6.13. The van der Waals surface area contributed by atoms with Crippen LogP contribution in [0.25, 0.3) is 0 Å². The first-order valence-electron chi connectivity index (χ1n) is 12.1. The summed E-state index contributed by atoms with van der Waals surface area (Å²) in [6.07, 6.45) is -0.546. The first-order valence-corrected chi connectivity index (χ1v) is 12.1. The Bertz CT molecular complexity index is 1140. The molecule has 2 aromatic carbocycles. The molecule has 0 amide bonds. The van der Waals surface area contributed by atoms with Crippen molar-refractivity contribution in [3.8, 4) is 11.5 Å². The van der Waals surface area contributed by atoms with E-state index < -0.39 is 48.3 Å². The average Bonchev–Trinajstić information content (AvgIpc) is 3.56. The van der Waals surface area contributed by atoms with Gasteiger partial charge in [0.05, 0.1) is 24.3 Å². The Hall–Kier alpha value is -4.68. The van der Waals surface area contributed by atoms with Crippen LogP contribution in [0, 0.1) is 0 Å². The van der Waals surface area contributed by atoms with E-state index >= 15 is 0 Å². The second-order valence-electron chi connectivity index (χ2n) is 8.39. The normalized spacial score (nSPS) is 20.9. The Morgan fingerprint density at radius 3 is 1.40 bits per heavy atom. The van der Waals surface area contributed by atoms with Crippen LogP contribution in [0.5, 0.6) is 11.5 Å². The topological polar surface area (TPSA) is 142 Å². The van der Waals surface area contributed by atoms with Crippen LogP contribution in [0.4, 0.5) is 0 Å². The molecule has 2 aliphatic rings. The Morgan fingerprint density at radius 1 is 0.675 bits per heavy atom. The number of ether oxygens (including phenoxy) is 8. The number of carbonyl (C=O) groups is 4. The van der Waals surface area contributed by atoms with Crippen molar-refractivity contribution >= 4 is 23.9 Å². The average molecular weight is 555 g/mol. The van der Waals surface area contributed by atoms with Gasteiger partial charge in [0, 0.05) is 12.2 Å². The smallest absolute Gasteiger partial charge is 0.338 e. The number of benzene rings is 2. The van der Waals surface area contributed by atoms with E-state index in [1.807, 2.05) is 0 Å². The van der Waals surface area contributed by atoms with E-state index in [4.69, 9.17) is 37.9 Å². The molecular formula is C28H26O12. The SMILES string of the molecule is C=CC(=O)OCOc1ccc(C(=O)OC2COC3C(OC(=O)c4ccc(OCOC(=O)C=C)cc4)COC23)cc1. The monoisotopic (exact) mass is 554 g/mol. The summed E-state index contributed by atoms with van der Waals surface area (Å²) in [5, 5.41) is 0. The summed E-state index contributed by atoms with van der Waals surface area (Å²) in [7, 11) is 0. The fourth-order valence-corrected chi connectivity index (χ4v) is 3.85. The van der Waals surface area contributed by atoms with Gasteiger partial charge in [-0.3, -0.25) is 0 Å². The van der Waals surface area contributed by atoms with E-state index in [-0.39, 0.29) is 37.9 Å². The fourth-order valence-electron chi connectivity index (χ4n) is 3.85. The minimum absolute atomic E-state index is 0.0768. The maximum absolute atomic E-state index is 12.7. The highest BCUT2D eigenvalue weighted by molar-refractivity contribution is 5.90. The molecule has 0 N–H and O–H groups in total. The molecule has 4 rings (SSSR count). The van der Waals surface area contributed by atoms with E-state index in [1.54, 1.807) is 0 Å². The van der Waals surface area contributed by atoms with Crippen LogP contribution in [-0.4, -0.2) is 75.1 Å². The van der Waals surface area contributed by atoms with Crippen LogP contribution in [0.2, 0.25) is 0 Å². The first-order chi connectivity index (χ1) is 19.4. The van der Waals surface area contributed by atoms with Gasteiger partial charge < -0.3 is 37.9 Å². The van der Waals surface area contributed by atoms with Crippen molar-refractivity contribution in [1.29, 1.82) is 0 Å². The highest BCUT2D eigenvalue weighted by Crippen LogP contribution is 2.31. The van der Waals surface area contributed by atoms with Gasteiger partial charge in [-0.25, -0.2) is 19.2 Å². The molecule has 2 saturated heterocycles. The fraction of sp³-hybridized carbons (Fsp3) is 0.286. The van der Waals surface area contributed by atoms with Crippen molar-refractivity contribution in [2.24, 2.45) is 0 Å². The summed E-state index contributed by atoms with van der Waals surface area (Å²) in [4.78, 5) is 47.4. The largest absolute Gasteiger partial charge is 0.457 e. The van der Waals surface area contributed by atoms with Crippen molar-refractivity contribution in [1.82, 2.24) is 0 Å². The molecule has 0 spiro atoms. The van der Waals surface area contributed by atoms with Crippen molar-refractivity contribution in [2.75, 3.05) is 26.8 Å². The number of carbonyl (C=O) groups excluding carboxylic acids is 4. The van der Waals surface area contributed by atoms with Gasteiger partial charge in [-0.1, -0.05) is 13.2 Å². The lowest BCUT2D eigenvalue weighted by Gasteiger charge is -2.17. The summed E-state index contributed by atoms with van der Waals surface area (Å²) >= 11 is 0. The van der Waals surface area contributed by atoms with Gasteiger partial charge in [0.1, 0.15) is 23.7 Å². The zero-order valence-electron chi connectivity index (χ0n) is 21.2. The predicted molar refractivity (Wildman–Crippen MR) is 134 cm³/mol. The van der Waals surface area contributed by atoms with E-state index in [2.05, 4.69) is 13.2 Å². The van der Waals surface area contributed by atoms with Crippen LogP contribution in [0.3, 0.4) is 0 Å². The number of hydrogen-bond donors (Lipinski definition) is 0. The number of rotatable bonds is 12. The van der Waals surface area contributed by atoms with E-state index in [9.17, 15) is 19.2 Å². The Labute approximate surface area is 228 Å². The lowest BCUT2D eigenvalue weighted by Crippen LogP contribution is -2.36. The third-order valence-electron chi connectivity index (χ3n) is 5.85. The van der Waals surface area contributed by atoms with Gasteiger partial charge >= 0.3 is 23.9 Å². The minimum atomic E-state index is -0.693. The van der Waals surface area contributed by atoms with Crippen LogP contribution < -0.4 is 9.47 Å². The Kier molecular flexibility index (Phi) is 9.49. The standard InChI is InChI=1S/C28H26O12/c1-3-23(29)37-15-35-19-9-5-17(6-10-19)27(31)39-21-13-33-26-22(14-34-25(21)26)40-28(32)18-7-11-20(12-8-18)36-16-38-24(30)4-2/h3-12,21-22,25-26H,1-2,13-16H2. The molecule has 4 atom stereocenters. The Balaban J connectivity index is 1.23. The molecular weight excluding hydrogens is 528 g/mol. The molecule has 12 heteroatoms. The van der Waals surface area contributed by atoms with Gasteiger partial charge in [0.15, 0.2) is 12.2 Å². The van der Waals surface area contributed by atoms with Crippen molar-refractivity contribution in [3.63, 3.8) is 0 Å². The third kappa shape index (κ3) is 7.24. The molecule has 0 saturated carbocycles. The van der Waals surface area contributed by atoms with E-state index in [0.717, 1.165) is 12.2 Å². The summed E-state index contributed by atoms with van der Waals surface area (Å²) < 4.78 is 42.6. The molecule has 210 valence electrons. The van der Waals surface area contributed by atoms with Crippen LogP contribution in [0.15, 0.2) is 73.8 Å². The molecule has 0 aliphatic carbocycles. The van der Waals surface area contributed by atoms with Crippen LogP contribution in [-0.2, 0) is 38.0 Å². The predicted octanol–water partition coefficient (Wildman–Crippen LogP) is 2.37. The van der Waals surface area contributed by atoms with Gasteiger partial charge in [-0.2, -0.15) is 0 Å². The van der Waals surface area contributed by atoms with Gasteiger partial charge in [-0.15, -0.1) is 0 Å². The highest BCUT2D eigenvalue weighted by atomic mass is 16.7. The molecule has 4 unspecified atom stereocenters. The summed E-state index contributed by atoms with van der Waals surface area (Å²) in [6, 6.07) is 12.1. The lowest BCUT2D eigenvalue weighted by molar-refractivity contribution is -0.145. The van der Waals surface area contributed by atoms with Gasteiger partial charge in [0.25, 0.3) is 0 Å². The second-order valence-corrected chi connectivity index (χ2v) is 8.39. The lowest BCUT2D eigenvalue weighted by atomic mass is 10.1. The number of esters is 4. The second kappa shape index (κ2) is 13.4. The highest BCUT2D eigenvalue weighted by Gasteiger charge is 2.51. The molecule has 2 heterocycles. The third-order valence-corrected chi connectivity index (χ3v) is 5.85. The molecule has 2 aromatic rings. The number of hydrogen-bond acceptors (Lipinski definition) is 12. The Morgan fingerprint density at radius 2 is 1.05 bits per heavy atom. The van der Waals surface area contributed by atoms with Crippen molar-refractivity contribution in [2.45, 2.75) is 24.4 Å². The molecule has 2 fully saturated rings. The van der Waals surface area contributed by atoms with Crippen molar-refractivity contribution < 1.29 is 57.1 Å². The first kappa shape index (κ1) is 28.3. The quantitative estimate of drug-likeness (QED) is 0.164. The molecule has 0 radical (unpaired) electrons. The number of fused-ring (bicyclic) bond motifs is 1. The van der Waals surface area contributed by atoms with Crippen LogP contribution >= 0.6 is 0 Å². The van der Waals surface area contributed by atoms with E-state index in [0.29, 0.717) is 11.5 Å². The zero-order chi connectivity index (χ0) is 28.5. The summed E-state index contributed by atoms with van der Waals surface area (Å²) in [5.74, 6) is -1.64. The molecule has 12 nitrogen and oxygen atoms in total. The molecule has 0 bridgehead atoms.